The Kier molecular flexibility index (Phi) is 3.95. The van der Waals surface area contributed by atoms with Crippen LogP contribution in [0.4, 0.5) is 0 Å². The van der Waals surface area contributed by atoms with E-state index in [1.165, 1.54) is 10.4 Å². The molecule has 1 aliphatic rings. The van der Waals surface area contributed by atoms with Crippen molar-refractivity contribution in [3.63, 3.8) is 0 Å². The van der Waals surface area contributed by atoms with E-state index in [2.05, 4.69) is 0 Å². The number of ether oxygens (including phenoxy) is 1. The summed E-state index contributed by atoms with van der Waals surface area (Å²) in [6.07, 6.45) is 0. The van der Waals surface area contributed by atoms with Crippen molar-refractivity contribution in [3.05, 3.63) is 28.2 Å². The summed E-state index contributed by atoms with van der Waals surface area (Å²) in [5.41, 5.74) is 0. The number of nitrogens with zero attached hydrogens (tertiary/aromatic N) is 1. The van der Waals surface area contributed by atoms with E-state index in [1.807, 2.05) is 0 Å². The number of morpholine rings is 1. The maximum Gasteiger partial charge on any atom is 0.244 e. The van der Waals surface area contributed by atoms with Crippen molar-refractivity contribution >= 4 is 33.2 Å². The Labute approximate surface area is 110 Å². The van der Waals surface area contributed by atoms with E-state index in [4.69, 9.17) is 27.9 Å². The maximum absolute atomic E-state index is 12.3. The molecule has 0 atom stereocenters. The topological polar surface area (TPSA) is 46.6 Å². The second-order valence-electron chi connectivity index (χ2n) is 3.57. The predicted octanol–water partition coefficient (Wildman–Crippen LogP) is 2.01. The van der Waals surface area contributed by atoms with E-state index in [-0.39, 0.29) is 14.9 Å². The molecule has 1 saturated heterocycles. The lowest BCUT2D eigenvalue weighted by Gasteiger charge is -2.26. The van der Waals surface area contributed by atoms with Gasteiger partial charge in [0.25, 0.3) is 0 Å². The smallest absolute Gasteiger partial charge is 0.244 e. The van der Waals surface area contributed by atoms with E-state index in [0.717, 1.165) is 0 Å². The third-order valence-electron chi connectivity index (χ3n) is 2.50. The van der Waals surface area contributed by atoms with Crippen LogP contribution in [0.1, 0.15) is 0 Å². The lowest BCUT2D eigenvalue weighted by Crippen LogP contribution is -2.40. The largest absolute Gasteiger partial charge is 0.379 e. The Bertz CT molecular complexity index is 512. The average molecular weight is 296 g/mol. The Balaban J connectivity index is 2.40. The van der Waals surface area contributed by atoms with Gasteiger partial charge in [-0.2, -0.15) is 4.31 Å². The number of sulfonamides is 1. The Morgan fingerprint density at radius 3 is 2.47 bits per heavy atom. The molecule has 7 heteroatoms. The monoisotopic (exact) mass is 295 g/mol. The van der Waals surface area contributed by atoms with Gasteiger partial charge in [-0.1, -0.05) is 29.3 Å². The maximum atomic E-state index is 12.3. The van der Waals surface area contributed by atoms with Crippen molar-refractivity contribution in [2.75, 3.05) is 26.3 Å². The molecule has 0 aromatic heterocycles. The molecule has 0 aliphatic carbocycles. The van der Waals surface area contributed by atoms with Crippen LogP contribution in [-0.4, -0.2) is 39.0 Å². The van der Waals surface area contributed by atoms with Gasteiger partial charge >= 0.3 is 0 Å². The lowest BCUT2D eigenvalue weighted by molar-refractivity contribution is 0.0730. The first-order valence-corrected chi connectivity index (χ1v) is 7.25. The zero-order chi connectivity index (χ0) is 12.5. The standard InChI is InChI=1S/C10H11Cl2NO3S/c11-8-2-1-3-9(10(8)12)17(14,15)13-4-6-16-7-5-13/h1-3H,4-7H2. The average Bonchev–Trinajstić information content (AvgIpc) is 2.33. The molecule has 1 aromatic rings. The molecule has 94 valence electrons. The number of halogens is 2. The molecular formula is C10H11Cl2NO3S. The van der Waals surface area contributed by atoms with Crippen LogP contribution in [0.5, 0.6) is 0 Å². The summed E-state index contributed by atoms with van der Waals surface area (Å²) < 4.78 is 31.0. The van der Waals surface area contributed by atoms with Gasteiger partial charge in [0.2, 0.25) is 10.0 Å². The van der Waals surface area contributed by atoms with Crippen LogP contribution in [0, 0.1) is 0 Å². The van der Waals surface area contributed by atoms with E-state index in [9.17, 15) is 8.42 Å². The van der Waals surface area contributed by atoms with Crippen LogP contribution in [0.2, 0.25) is 10.0 Å². The highest BCUT2D eigenvalue weighted by atomic mass is 35.5. The quantitative estimate of drug-likeness (QED) is 0.838. The van der Waals surface area contributed by atoms with E-state index >= 15 is 0 Å². The molecule has 0 saturated carbocycles. The third kappa shape index (κ3) is 2.58. The van der Waals surface area contributed by atoms with Crippen molar-refractivity contribution < 1.29 is 13.2 Å². The highest BCUT2D eigenvalue weighted by Gasteiger charge is 2.28. The molecule has 0 amide bonds. The summed E-state index contributed by atoms with van der Waals surface area (Å²) in [4.78, 5) is 0.0496. The summed E-state index contributed by atoms with van der Waals surface area (Å²) in [5.74, 6) is 0. The van der Waals surface area contributed by atoms with Gasteiger partial charge in [-0.05, 0) is 12.1 Å². The first-order chi connectivity index (χ1) is 8.03. The minimum absolute atomic E-state index is 0.0496. The molecule has 0 radical (unpaired) electrons. The molecule has 2 rings (SSSR count). The van der Waals surface area contributed by atoms with Crippen LogP contribution >= 0.6 is 23.2 Å². The van der Waals surface area contributed by atoms with Gasteiger partial charge in [0.05, 0.1) is 23.3 Å². The zero-order valence-electron chi connectivity index (χ0n) is 8.90. The fourth-order valence-corrected chi connectivity index (χ4v) is 3.75. The molecular weight excluding hydrogens is 285 g/mol. The normalized spacial score (nSPS) is 18.2. The Morgan fingerprint density at radius 1 is 1.18 bits per heavy atom. The molecule has 17 heavy (non-hydrogen) atoms. The van der Waals surface area contributed by atoms with Gasteiger partial charge in [-0.3, -0.25) is 0 Å². The molecule has 0 spiro atoms. The van der Waals surface area contributed by atoms with Crippen LogP contribution in [-0.2, 0) is 14.8 Å². The van der Waals surface area contributed by atoms with Crippen molar-refractivity contribution in [1.29, 1.82) is 0 Å². The highest BCUT2D eigenvalue weighted by molar-refractivity contribution is 7.89. The minimum Gasteiger partial charge on any atom is -0.379 e. The van der Waals surface area contributed by atoms with Crippen LogP contribution in [0.15, 0.2) is 23.1 Å². The fourth-order valence-electron chi connectivity index (χ4n) is 1.61. The summed E-state index contributed by atoms with van der Waals surface area (Å²) in [6.45, 7) is 1.48. The third-order valence-corrected chi connectivity index (χ3v) is 5.38. The Hall–Kier alpha value is -0.330. The van der Waals surface area contributed by atoms with Gasteiger partial charge in [0, 0.05) is 13.1 Å². The van der Waals surface area contributed by atoms with Crippen LogP contribution < -0.4 is 0 Å². The number of hydrogen-bond acceptors (Lipinski definition) is 3. The molecule has 0 bridgehead atoms. The lowest BCUT2D eigenvalue weighted by atomic mass is 10.4. The van der Waals surface area contributed by atoms with Crippen molar-refractivity contribution in [3.8, 4) is 0 Å². The number of rotatable bonds is 2. The van der Waals surface area contributed by atoms with Gasteiger partial charge in [-0.25, -0.2) is 8.42 Å². The predicted molar refractivity (Wildman–Crippen MR) is 66.0 cm³/mol. The second-order valence-corrected chi connectivity index (χ2v) is 6.26. The van der Waals surface area contributed by atoms with Crippen molar-refractivity contribution in [2.45, 2.75) is 4.90 Å². The molecule has 1 heterocycles. The summed E-state index contributed by atoms with van der Waals surface area (Å²) in [5, 5.41) is 0.307. The van der Waals surface area contributed by atoms with Crippen molar-refractivity contribution in [1.82, 2.24) is 4.31 Å². The second kappa shape index (κ2) is 5.12. The van der Waals surface area contributed by atoms with Gasteiger partial charge in [-0.15, -0.1) is 0 Å². The summed E-state index contributed by atoms with van der Waals surface area (Å²) in [6, 6.07) is 4.59. The number of benzene rings is 1. The number of hydrogen-bond donors (Lipinski definition) is 0. The fraction of sp³-hybridized carbons (Fsp3) is 0.400. The van der Waals surface area contributed by atoms with E-state index in [1.54, 1.807) is 12.1 Å². The Morgan fingerprint density at radius 2 is 1.82 bits per heavy atom. The molecule has 0 N–H and O–H groups in total. The molecule has 1 fully saturated rings. The molecule has 0 unspecified atom stereocenters. The highest BCUT2D eigenvalue weighted by Crippen LogP contribution is 2.31. The summed E-state index contributed by atoms with van der Waals surface area (Å²) >= 11 is 11.7. The first-order valence-electron chi connectivity index (χ1n) is 5.05. The molecule has 4 nitrogen and oxygen atoms in total. The SMILES string of the molecule is O=S(=O)(c1cccc(Cl)c1Cl)N1CCOCC1. The van der Waals surface area contributed by atoms with Gasteiger partial charge < -0.3 is 4.74 Å². The van der Waals surface area contributed by atoms with Crippen molar-refractivity contribution in [2.24, 2.45) is 0 Å². The summed E-state index contributed by atoms with van der Waals surface area (Å²) in [7, 11) is -3.58. The van der Waals surface area contributed by atoms with Gasteiger partial charge in [0.1, 0.15) is 4.90 Å². The minimum atomic E-state index is -3.58. The van der Waals surface area contributed by atoms with Crippen LogP contribution in [0.3, 0.4) is 0 Å². The van der Waals surface area contributed by atoms with E-state index < -0.39 is 10.0 Å². The molecule has 1 aliphatic heterocycles. The van der Waals surface area contributed by atoms with Crippen LogP contribution in [0.25, 0.3) is 0 Å². The molecule has 1 aromatic carbocycles. The first kappa shape index (κ1) is 13.1. The zero-order valence-corrected chi connectivity index (χ0v) is 11.2. The van der Waals surface area contributed by atoms with Gasteiger partial charge in [0.15, 0.2) is 0 Å². The van der Waals surface area contributed by atoms with E-state index in [0.29, 0.717) is 26.3 Å².